The van der Waals surface area contributed by atoms with Gasteiger partial charge >= 0.3 is 0 Å². The molecule has 0 amide bonds. The fraction of sp³-hybridized carbons (Fsp3) is 0.647. The molecule has 1 aromatic rings. The summed E-state index contributed by atoms with van der Waals surface area (Å²) in [5, 5.41) is 0. The first-order chi connectivity index (χ1) is 10.8. The lowest BCUT2D eigenvalue weighted by molar-refractivity contribution is 0.0981. The number of ether oxygens (including phenoxy) is 1. The van der Waals surface area contributed by atoms with Gasteiger partial charge in [0.1, 0.15) is 5.75 Å². The molecular weight excluding hydrogens is 262 g/mol. The zero-order valence-corrected chi connectivity index (χ0v) is 13.0. The third-order valence-electron chi connectivity index (χ3n) is 4.88. The second-order valence-electron chi connectivity index (χ2n) is 6.17. The van der Waals surface area contributed by atoms with Crippen LogP contribution in [0.15, 0.2) is 24.3 Å². The van der Waals surface area contributed by atoms with Gasteiger partial charge in [0.2, 0.25) is 0 Å². The van der Waals surface area contributed by atoms with Gasteiger partial charge in [0.25, 0.3) is 0 Å². The minimum atomic E-state index is -0.0191. The summed E-state index contributed by atoms with van der Waals surface area (Å²) in [6.07, 6.45) is 2.44. The molecule has 4 heteroatoms. The molecular formula is C17H27N3O. The van der Waals surface area contributed by atoms with Crippen LogP contribution in [0.1, 0.15) is 14.2 Å². The molecule has 2 aliphatic rings. The van der Waals surface area contributed by atoms with Gasteiger partial charge in [-0.2, -0.15) is 0 Å². The Morgan fingerprint density at radius 1 is 1.05 bits per heavy atom. The van der Waals surface area contributed by atoms with Gasteiger partial charge in [0.05, 0.1) is 14.1 Å². The highest BCUT2D eigenvalue weighted by atomic mass is 16.5. The summed E-state index contributed by atoms with van der Waals surface area (Å²) in [6.45, 7) is 6.96. The van der Waals surface area contributed by atoms with Crippen molar-refractivity contribution < 1.29 is 6.11 Å². The van der Waals surface area contributed by atoms with Crippen LogP contribution in [0.5, 0.6) is 5.75 Å². The van der Waals surface area contributed by atoms with Crippen LogP contribution in [0, 0.1) is 0 Å². The van der Waals surface area contributed by atoms with E-state index in [-0.39, 0.29) is 7.09 Å². The third-order valence-corrected chi connectivity index (χ3v) is 4.88. The summed E-state index contributed by atoms with van der Waals surface area (Å²) in [4.78, 5) is 7.50. The standard InChI is InChI=1S/C17H27N3O/c1-18-11-13-19(14-12-18)15-7-9-20(10-8-15)16-5-3-4-6-17(16)21-2/h3-6,15H,7-14H2,1-2H3/i2D. The average Bonchev–Trinajstić information content (AvgIpc) is 2.57. The second kappa shape index (κ2) is 6.67. The highest BCUT2D eigenvalue weighted by molar-refractivity contribution is 5.58. The largest absolute Gasteiger partial charge is 0.495 e. The van der Waals surface area contributed by atoms with E-state index in [9.17, 15) is 0 Å². The molecule has 0 aromatic heterocycles. The van der Waals surface area contributed by atoms with Crippen molar-refractivity contribution in [2.75, 3.05) is 58.3 Å². The van der Waals surface area contributed by atoms with E-state index in [1.165, 1.54) is 39.0 Å². The predicted octanol–water partition coefficient (Wildman–Crippen LogP) is 1.91. The monoisotopic (exact) mass is 290 g/mol. The van der Waals surface area contributed by atoms with Gasteiger partial charge in [-0.05, 0) is 32.0 Å². The molecule has 2 fully saturated rings. The van der Waals surface area contributed by atoms with E-state index in [0.29, 0.717) is 0 Å². The van der Waals surface area contributed by atoms with Crippen molar-refractivity contribution >= 4 is 5.69 Å². The number of likely N-dealkylation sites (N-methyl/N-ethyl adjacent to an activating group) is 1. The first-order valence-corrected chi connectivity index (χ1v) is 7.96. The molecule has 3 rings (SSSR count). The molecule has 0 aliphatic carbocycles. The Balaban J connectivity index is 1.58. The Bertz CT molecular complexity index is 469. The Morgan fingerprint density at radius 2 is 1.76 bits per heavy atom. The smallest absolute Gasteiger partial charge is 0.142 e. The third kappa shape index (κ3) is 3.33. The van der Waals surface area contributed by atoms with Crippen LogP contribution in [-0.4, -0.2) is 69.2 Å². The Hall–Kier alpha value is -1.26. The van der Waals surface area contributed by atoms with Crippen molar-refractivity contribution in [2.24, 2.45) is 0 Å². The second-order valence-corrected chi connectivity index (χ2v) is 6.17. The van der Waals surface area contributed by atoms with Crippen molar-refractivity contribution in [1.82, 2.24) is 9.80 Å². The number of methoxy groups -OCH3 is 1. The molecule has 0 atom stereocenters. The lowest BCUT2D eigenvalue weighted by Gasteiger charge is -2.42. The molecule has 2 heterocycles. The maximum Gasteiger partial charge on any atom is 0.142 e. The molecule has 2 aliphatic heterocycles. The lowest BCUT2D eigenvalue weighted by Crippen LogP contribution is -2.52. The van der Waals surface area contributed by atoms with Gasteiger partial charge in [-0.1, -0.05) is 12.1 Å². The van der Waals surface area contributed by atoms with Crippen LogP contribution in [0.2, 0.25) is 0 Å². The molecule has 21 heavy (non-hydrogen) atoms. The van der Waals surface area contributed by atoms with E-state index >= 15 is 0 Å². The van der Waals surface area contributed by atoms with Gasteiger partial charge < -0.3 is 14.5 Å². The molecule has 116 valence electrons. The molecule has 2 saturated heterocycles. The van der Waals surface area contributed by atoms with E-state index in [4.69, 9.17) is 6.11 Å². The van der Waals surface area contributed by atoms with E-state index in [1.54, 1.807) is 0 Å². The quantitative estimate of drug-likeness (QED) is 0.846. The van der Waals surface area contributed by atoms with Crippen molar-refractivity contribution in [2.45, 2.75) is 18.9 Å². The zero-order chi connectivity index (χ0) is 15.4. The SMILES string of the molecule is [2H]COc1ccccc1N1CCC(N2CCN(C)CC2)CC1. The van der Waals surface area contributed by atoms with Crippen LogP contribution in [0.25, 0.3) is 0 Å². The van der Waals surface area contributed by atoms with Crippen molar-refractivity contribution in [3.8, 4) is 5.75 Å². The van der Waals surface area contributed by atoms with Gasteiger partial charge in [-0.15, -0.1) is 0 Å². The number of anilines is 1. The molecule has 0 unspecified atom stereocenters. The zero-order valence-electron chi connectivity index (χ0n) is 14.0. The number of rotatable bonds is 3. The molecule has 0 saturated carbocycles. The molecule has 0 spiro atoms. The van der Waals surface area contributed by atoms with Crippen molar-refractivity contribution in [1.29, 1.82) is 0 Å². The van der Waals surface area contributed by atoms with E-state index in [0.717, 1.165) is 30.6 Å². The van der Waals surface area contributed by atoms with E-state index in [2.05, 4.69) is 33.9 Å². The fourth-order valence-corrected chi connectivity index (χ4v) is 3.50. The van der Waals surface area contributed by atoms with Crippen LogP contribution in [0.3, 0.4) is 0 Å². The molecule has 4 nitrogen and oxygen atoms in total. The Kier molecular flexibility index (Phi) is 4.26. The Labute approximate surface area is 129 Å². The summed E-state index contributed by atoms with van der Waals surface area (Å²) in [5.74, 6) is 0.843. The first-order valence-electron chi connectivity index (χ1n) is 8.67. The van der Waals surface area contributed by atoms with Crippen LogP contribution in [0.4, 0.5) is 5.69 Å². The van der Waals surface area contributed by atoms with Gasteiger partial charge in [0.15, 0.2) is 0 Å². The van der Waals surface area contributed by atoms with Gasteiger partial charge in [-0.3, -0.25) is 4.90 Å². The number of piperidine rings is 1. The number of hydrogen-bond donors (Lipinski definition) is 0. The van der Waals surface area contributed by atoms with Crippen molar-refractivity contribution in [3.63, 3.8) is 0 Å². The molecule has 1 aromatic carbocycles. The van der Waals surface area contributed by atoms with Gasteiger partial charge in [-0.25, -0.2) is 0 Å². The summed E-state index contributed by atoms with van der Waals surface area (Å²) in [6, 6.07) is 8.84. The summed E-state index contributed by atoms with van der Waals surface area (Å²) >= 11 is 0. The van der Waals surface area contributed by atoms with Crippen LogP contribution >= 0.6 is 0 Å². The minimum absolute atomic E-state index is 0.0191. The summed E-state index contributed by atoms with van der Waals surface area (Å²) in [7, 11) is 2.19. The number of nitrogens with zero attached hydrogens (tertiary/aromatic N) is 3. The van der Waals surface area contributed by atoms with Crippen molar-refractivity contribution in [3.05, 3.63) is 24.3 Å². The molecule has 0 N–H and O–H groups in total. The number of hydrogen-bond acceptors (Lipinski definition) is 4. The predicted molar refractivity (Wildman–Crippen MR) is 87.3 cm³/mol. The number of piperazine rings is 1. The average molecular weight is 290 g/mol. The maximum absolute atomic E-state index is 7.28. The van der Waals surface area contributed by atoms with Crippen LogP contribution < -0.4 is 9.64 Å². The van der Waals surface area contributed by atoms with Crippen LogP contribution in [-0.2, 0) is 0 Å². The minimum Gasteiger partial charge on any atom is -0.495 e. The molecule has 0 bridgehead atoms. The normalized spacial score (nSPS) is 23.1. The topological polar surface area (TPSA) is 19.0 Å². The number of para-hydroxylation sites is 2. The summed E-state index contributed by atoms with van der Waals surface area (Å²) < 4.78 is 12.7. The highest BCUT2D eigenvalue weighted by Crippen LogP contribution is 2.30. The van der Waals surface area contributed by atoms with E-state index < -0.39 is 0 Å². The lowest BCUT2D eigenvalue weighted by atomic mass is 10.0. The van der Waals surface area contributed by atoms with E-state index in [1.807, 2.05) is 12.1 Å². The van der Waals surface area contributed by atoms with Gasteiger partial charge in [0, 0.05) is 45.3 Å². The first kappa shape index (κ1) is 13.4. The number of benzene rings is 1. The maximum atomic E-state index is 7.28. The highest BCUT2D eigenvalue weighted by Gasteiger charge is 2.27. The Morgan fingerprint density at radius 3 is 2.48 bits per heavy atom. The fourth-order valence-electron chi connectivity index (χ4n) is 3.50. The summed E-state index contributed by atoms with van der Waals surface area (Å²) in [5.41, 5.74) is 1.14. The molecule has 0 radical (unpaired) electrons.